The van der Waals surface area contributed by atoms with Crippen LogP contribution in [0.4, 0.5) is 0 Å². The van der Waals surface area contributed by atoms with Gasteiger partial charge in [-0.25, -0.2) is 0 Å². The summed E-state index contributed by atoms with van der Waals surface area (Å²) in [5.41, 5.74) is 0. The number of aliphatic hydroxyl groups is 3. The molecule has 0 aliphatic carbocycles. The number of rotatable bonds is 58. The molecule has 1 amide bonds. The second-order valence-electron chi connectivity index (χ2n) is 21.6. The summed E-state index contributed by atoms with van der Waals surface area (Å²) < 4.78 is 0. The first kappa shape index (κ1) is 66.8. The van der Waals surface area contributed by atoms with E-state index in [4.69, 9.17) is 0 Å². The van der Waals surface area contributed by atoms with Crippen LogP contribution < -0.4 is 5.32 Å². The zero-order valence-electron chi connectivity index (χ0n) is 46.3. The molecule has 0 aliphatic rings. The highest BCUT2D eigenvalue weighted by Gasteiger charge is 2.26. The van der Waals surface area contributed by atoms with Gasteiger partial charge in [0, 0.05) is 6.42 Å². The highest BCUT2D eigenvalue weighted by Crippen LogP contribution is 2.18. The minimum Gasteiger partial charge on any atom is -0.394 e. The molecule has 0 fully saturated rings. The summed E-state index contributed by atoms with van der Waals surface area (Å²) in [4.78, 5) is 12.5. The van der Waals surface area contributed by atoms with Gasteiger partial charge in [-0.15, -0.1) is 0 Å². The molecule has 0 saturated carbocycles. The molecule has 3 unspecified atom stereocenters. The summed E-state index contributed by atoms with van der Waals surface area (Å²) in [6.45, 7) is 4.21. The van der Waals surface area contributed by atoms with Crippen molar-refractivity contribution in [2.24, 2.45) is 0 Å². The molecule has 68 heavy (non-hydrogen) atoms. The number of hydrogen-bond donors (Lipinski definition) is 4. The molecule has 0 spiro atoms. The molecule has 0 aromatic heterocycles. The van der Waals surface area contributed by atoms with Crippen LogP contribution in [-0.4, -0.2) is 46.1 Å². The Kier molecular flexibility index (Phi) is 57.4. The van der Waals surface area contributed by atoms with Gasteiger partial charge in [-0.1, -0.05) is 301 Å². The Balaban J connectivity index is 3.50. The summed E-state index contributed by atoms with van der Waals surface area (Å²) in [5, 5.41) is 33.8. The molecule has 0 rings (SSSR count). The molecule has 5 heteroatoms. The van der Waals surface area contributed by atoms with E-state index in [2.05, 4.69) is 43.5 Å². The number of aliphatic hydroxyl groups excluding tert-OH is 3. The average molecular weight is 959 g/mol. The Hall–Kier alpha value is -1.17. The standard InChI is InChI=1S/C63H123NO4/c1-3-5-7-9-11-13-15-17-19-21-23-25-26-27-28-29-30-31-32-33-34-35-36-38-40-42-44-46-48-50-52-54-56-58-62(67)64-60(59-65)63(68)61(66)57-55-53-51-49-47-45-43-41-39-37-24-22-20-18-16-14-12-10-8-6-4-2/h27-28,49,51,60-61,63,65-66,68H,3-26,29-48,50,52-59H2,1-2H3,(H,64,67)/b28-27-,51-49+. The number of carbonyl (C=O) groups is 1. The van der Waals surface area contributed by atoms with Gasteiger partial charge in [0.25, 0.3) is 0 Å². The lowest BCUT2D eigenvalue weighted by Crippen LogP contribution is -2.50. The molecule has 0 bridgehead atoms. The van der Waals surface area contributed by atoms with Crippen molar-refractivity contribution in [3.63, 3.8) is 0 Å². The van der Waals surface area contributed by atoms with Gasteiger partial charge in [0.1, 0.15) is 6.10 Å². The molecule has 3 atom stereocenters. The molecule has 0 aromatic carbocycles. The third-order valence-electron chi connectivity index (χ3n) is 14.8. The predicted molar refractivity (Wildman–Crippen MR) is 301 cm³/mol. The normalized spacial score (nSPS) is 13.3. The lowest BCUT2D eigenvalue weighted by atomic mass is 10.0. The van der Waals surface area contributed by atoms with E-state index in [-0.39, 0.29) is 12.5 Å². The van der Waals surface area contributed by atoms with Crippen LogP contribution >= 0.6 is 0 Å². The Morgan fingerprint density at radius 3 is 0.853 bits per heavy atom. The molecule has 0 radical (unpaired) electrons. The van der Waals surface area contributed by atoms with Gasteiger partial charge in [0.15, 0.2) is 0 Å². The molecule has 5 nitrogen and oxygen atoms in total. The first-order valence-corrected chi connectivity index (χ1v) is 31.1. The Labute approximate surface area is 426 Å². The zero-order chi connectivity index (χ0) is 49.3. The Morgan fingerprint density at radius 1 is 0.353 bits per heavy atom. The van der Waals surface area contributed by atoms with Crippen LogP contribution in [0.1, 0.15) is 348 Å². The van der Waals surface area contributed by atoms with Crippen molar-refractivity contribution in [3.05, 3.63) is 24.3 Å². The van der Waals surface area contributed by atoms with Gasteiger partial charge < -0.3 is 20.6 Å². The second-order valence-corrected chi connectivity index (χ2v) is 21.6. The topological polar surface area (TPSA) is 89.8 Å². The van der Waals surface area contributed by atoms with Crippen molar-refractivity contribution in [3.8, 4) is 0 Å². The molecule has 0 aromatic rings. The fraction of sp³-hybridized carbons (Fsp3) is 0.921. The third kappa shape index (κ3) is 52.6. The van der Waals surface area contributed by atoms with Crippen LogP contribution in [0.25, 0.3) is 0 Å². The largest absolute Gasteiger partial charge is 0.394 e. The fourth-order valence-electron chi connectivity index (χ4n) is 9.99. The van der Waals surface area contributed by atoms with Gasteiger partial charge >= 0.3 is 0 Å². The first-order chi connectivity index (χ1) is 33.6. The summed E-state index contributed by atoms with van der Waals surface area (Å²) >= 11 is 0. The van der Waals surface area contributed by atoms with Crippen LogP contribution in [0.3, 0.4) is 0 Å². The van der Waals surface area contributed by atoms with E-state index in [1.54, 1.807) is 0 Å². The maximum absolute atomic E-state index is 12.5. The average Bonchev–Trinajstić information content (AvgIpc) is 3.34. The molecule has 404 valence electrons. The van der Waals surface area contributed by atoms with Gasteiger partial charge in [-0.2, -0.15) is 0 Å². The van der Waals surface area contributed by atoms with Crippen LogP contribution in [-0.2, 0) is 4.79 Å². The van der Waals surface area contributed by atoms with Gasteiger partial charge in [0.05, 0.1) is 18.8 Å². The summed E-state index contributed by atoms with van der Waals surface area (Å²) in [6, 6.07) is -0.825. The lowest BCUT2D eigenvalue weighted by molar-refractivity contribution is -0.124. The smallest absolute Gasteiger partial charge is 0.220 e. The van der Waals surface area contributed by atoms with E-state index in [1.807, 2.05) is 0 Å². The SMILES string of the molecule is CCCCCCCCCCCCCC/C=C\CCCCCCCCCCCCCCCCCCCC(=O)NC(CO)C(O)C(O)CCC/C=C/CCCCCCCCCCCCCCCCCC. The van der Waals surface area contributed by atoms with E-state index in [0.29, 0.717) is 12.8 Å². The van der Waals surface area contributed by atoms with E-state index in [0.717, 1.165) is 38.5 Å². The van der Waals surface area contributed by atoms with Crippen LogP contribution in [0.2, 0.25) is 0 Å². The molecule has 0 aliphatic heterocycles. The van der Waals surface area contributed by atoms with E-state index in [9.17, 15) is 20.1 Å². The fourth-order valence-corrected chi connectivity index (χ4v) is 9.99. The van der Waals surface area contributed by atoms with Crippen molar-refractivity contribution in [1.82, 2.24) is 5.32 Å². The van der Waals surface area contributed by atoms with Crippen molar-refractivity contribution in [2.45, 2.75) is 366 Å². The van der Waals surface area contributed by atoms with Gasteiger partial charge in [-0.3, -0.25) is 4.79 Å². The summed E-state index contributed by atoms with van der Waals surface area (Å²) in [6.07, 6.45) is 75.1. The molecule has 0 saturated heterocycles. The van der Waals surface area contributed by atoms with Crippen LogP contribution in [0.15, 0.2) is 24.3 Å². The molecular weight excluding hydrogens is 835 g/mol. The maximum atomic E-state index is 12.5. The number of nitrogens with one attached hydrogen (secondary N) is 1. The van der Waals surface area contributed by atoms with E-state index < -0.39 is 18.2 Å². The van der Waals surface area contributed by atoms with Crippen LogP contribution in [0, 0.1) is 0 Å². The minimum absolute atomic E-state index is 0.147. The minimum atomic E-state index is -1.16. The van der Waals surface area contributed by atoms with E-state index >= 15 is 0 Å². The van der Waals surface area contributed by atoms with Crippen molar-refractivity contribution < 1.29 is 20.1 Å². The number of hydrogen-bond acceptors (Lipinski definition) is 4. The lowest BCUT2D eigenvalue weighted by Gasteiger charge is -2.26. The molecule has 0 heterocycles. The second kappa shape index (κ2) is 58.4. The number of unbranched alkanes of at least 4 members (excludes halogenated alkanes) is 46. The number of carbonyl (C=O) groups excluding carboxylic acids is 1. The van der Waals surface area contributed by atoms with Crippen LogP contribution in [0.5, 0.6) is 0 Å². The zero-order valence-corrected chi connectivity index (χ0v) is 46.3. The highest BCUT2D eigenvalue weighted by molar-refractivity contribution is 5.76. The Morgan fingerprint density at radius 2 is 0.588 bits per heavy atom. The van der Waals surface area contributed by atoms with Crippen molar-refractivity contribution >= 4 is 5.91 Å². The van der Waals surface area contributed by atoms with E-state index in [1.165, 1.54) is 283 Å². The Bertz CT molecular complexity index is 1010. The summed E-state index contributed by atoms with van der Waals surface area (Å²) in [5.74, 6) is -0.147. The maximum Gasteiger partial charge on any atom is 0.220 e. The predicted octanol–water partition coefficient (Wildman–Crippen LogP) is 19.6. The van der Waals surface area contributed by atoms with Crippen molar-refractivity contribution in [2.75, 3.05) is 6.61 Å². The monoisotopic (exact) mass is 958 g/mol. The van der Waals surface area contributed by atoms with Gasteiger partial charge in [-0.05, 0) is 64.2 Å². The summed E-state index contributed by atoms with van der Waals surface area (Å²) in [7, 11) is 0. The molecular formula is C63H123NO4. The first-order valence-electron chi connectivity index (χ1n) is 31.1. The molecule has 4 N–H and O–H groups in total. The highest BCUT2D eigenvalue weighted by atomic mass is 16.3. The number of amides is 1. The third-order valence-corrected chi connectivity index (χ3v) is 14.8. The quantitative estimate of drug-likeness (QED) is 0.0361. The van der Waals surface area contributed by atoms with Gasteiger partial charge in [0.2, 0.25) is 5.91 Å². The van der Waals surface area contributed by atoms with Crippen molar-refractivity contribution in [1.29, 1.82) is 0 Å². The number of allylic oxidation sites excluding steroid dienone is 4.